The van der Waals surface area contributed by atoms with Crippen LogP contribution in [0, 0.1) is 2.88 Å². The van der Waals surface area contributed by atoms with Gasteiger partial charge < -0.3 is 10.6 Å². The van der Waals surface area contributed by atoms with E-state index in [1.54, 1.807) is 11.3 Å². The summed E-state index contributed by atoms with van der Waals surface area (Å²) in [5.41, 5.74) is 7.22. The van der Waals surface area contributed by atoms with Crippen molar-refractivity contribution < 1.29 is 0 Å². The van der Waals surface area contributed by atoms with Crippen molar-refractivity contribution in [2.24, 2.45) is 5.73 Å². The van der Waals surface area contributed by atoms with Gasteiger partial charge in [-0.15, -0.1) is 16.4 Å². The molecule has 2 unspecified atom stereocenters. The molecule has 3 rings (SSSR count). The molecule has 2 aromatic rings. The molecule has 0 aromatic carbocycles. The van der Waals surface area contributed by atoms with Crippen LogP contribution in [0.1, 0.15) is 19.8 Å². The maximum atomic E-state index is 6.12. The largest absolute Gasteiger partial charge is 0.335 e. The molecule has 0 bridgehead atoms. The van der Waals surface area contributed by atoms with Crippen molar-refractivity contribution in [2.75, 3.05) is 11.4 Å². The van der Waals surface area contributed by atoms with Gasteiger partial charge in [0.05, 0.1) is 2.88 Å². The molecule has 2 atom stereocenters. The van der Waals surface area contributed by atoms with Crippen molar-refractivity contribution in [2.45, 2.75) is 31.8 Å². The van der Waals surface area contributed by atoms with Crippen LogP contribution in [0.15, 0.2) is 11.4 Å². The van der Waals surface area contributed by atoms with Crippen LogP contribution < -0.4 is 10.6 Å². The highest BCUT2D eigenvalue weighted by Gasteiger charge is 2.27. The molecule has 3 N–H and O–H groups in total. The Morgan fingerprint density at radius 1 is 1.58 bits per heavy atom. The summed E-state index contributed by atoms with van der Waals surface area (Å²) in [4.78, 5) is 6.81. The molecule has 1 fully saturated rings. The third-order valence-corrected chi connectivity index (χ3v) is 5.41. The van der Waals surface area contributed by atoms with E-state index in [4.69, 9.17) is 5.73 Å². The first-order valence-electron chi connectivity index (χ1n) is 6.34. The summed E-state index contributed by atoms with van der Waals surface area (Å²) in [6.07, 6.45) is 2.18. The monoisotopic (exact) mass is 389 g/mol. The fourth-order valence-corrected chi connectivity index (χ4v) is 3.73. The summed E-state index contributed by atoms with van der Waals surface area (Å²) in [5, 5.41) is 9.47. The lowest BCUT2D eigenvalue weighted by molar-refractivity contribution is 0.416. The molecule has 0 spiro atoms. The first-order chi connectivity index (χ1) is 9.15. The van der Waals surface area contributed by atoms with Gasteiger partial charge in [0.25, 0.3) is 0 Å². The van der Waals surface area contributed by atoms with Crippen molar-refractivity contribution >= 4 is 39.9 Å². The number of hydrogen-bond acceptors (Lipinski definition) is 5. The highest BCUT2D eigenvalue weighted by molar-refractivity contribution is 14.1. The summed E-state index contributed by atoms with van der Waals surface area (Å²) in [5.74, 6) is 1.60. The fourth-order valence-electron chi connectivity index (χ4n) is 2.40. The Kier molecular flexibility index (Phi) is 3.77. The van der Waals surface area contributed by atoms with Crippen molar-refractivity contribution in [1.29, 1.82) is 0 Å². The van der Waals surface area contributed by atoms with Gasteiger partial charge in [-0.2, -0.15) is 4.98 Å². The van der Waals surface area contributed by atoms with Gasteiger partial charge in [0.1, 0.15) is 0 Å². The first-order valence-corrected chi connectivity index (χ1v) is 8.30. The molecule has 0 amide bonds. The van der Waals surface area contributed by atoms with Crippen molar-refractivity contribution in [1.82, 2.24) is 15.2 Å². The number of nitrogens with one attached hydrogen (secondary N) is 1. The van der Waals surface area contributed by atoms with Gasteiger partial charge in [-0.05, 0) is 48.4 Å². The topological polar surface area (TPSA) is 70.8 Å². The predicted molar refractivity (Wildman–Crippen MR) is 86.4 cm³/mol. The number of halogens is 1. The number of hydrogen-bond donors (Lipinski definition) is 2. The number of anilines is 1. The van der Waals surface area contributed by atoms with Gasteiger partial charge in [0.15, 0.2) is 5.82 Å². The second-order valence-electron chi connectivity index (χ2n) is 4.86. The summed E-state index contributed by atoms with van der Waals surface area (Å²) < 4.78 is 1.25. The molecule has 0 saturated carbocycles. The number of nitrogens with two attached hydrogens (primary N) is 1. The number of piperidine rings is 1. The van der Waals surface area contributed by atoms with E-state index in [9.17, 15) is 0 Å². The lowest BCUT2D eigenvalue weighted by Gasteiger charge is -2.36. The minimum absolute atomic E-state index is 0.206. The third-order valence-electron chi connectivity index (χ3n) is 3.62. The molecule has 102 valence electrons. The highest BCUT2D eigenvalue weighted by Crippen LogP contribution is 2.26. The number of thiophene rings is 1. The van der Waals surface area contributed by atoms with E-state index in [0.717, 1.165) is 36.7 Å². The summed E-state index contributed by atoms with van der Waals surface area (Å²) in [6.45, 7) is 3.13. The lowest BCUT2D eigenvalue weighted by atomic mass is 9.99. The van der Waals surface area contributed by atoms with E-state index >= 15 is 0 Å². The molecule has 1 saturated heterocycles. The highest BCUT2D eigenvalue weighted by atomic mass is 127. The lowest BCUT2D eigenvalue weighted by Crippen LogP contribution is -2.50. The summed E-state index contributed by atoms with van der Waals surface area (Å²) in [7, 11) is 0. The van der Waals surface area contributed by atoms with E-state index in [1.807, 2.05) is 0 Å². The van der Waals surface area contributed by atoms with E-state index < -0.39 is 0 Å². The Hall–Kier alpha value is -0.670. The molecular formula is C12H16IN5S. The molecule has 2 aromatic heterocycles. The van der Waals surface area contributed by atoms with Gasteiger partial charge in [-0.1, -0.05) is 0 Å². The average molecular weight is 389 g/mol. The number of aromatic amines is 1. The van der Waals surface area contributed by atoms with Gasteiger partial charge in [-0.3, -0.25) is 5.10 Å². The zero-order chi connectivity index (χ0) is 13.4. The van der Waals surface area contributed by atoms with Gasteiger partial charge in [-0.25, -0.2) is 0 Å². The van der Waals surface area contributed by atoms with Crippen LogP contribution in [0.2, 0.25) is 0 Å². The normalized spacial score (nSPS) is 23.8. The molecule has 1 aliphatic rings. The molecular weight excluding hydrogens is 373 g/mol. The molecule has 0 aliphatic carbocycles. The molecule has 5 nitrogen and oxygen atoms in total. The summed E-state index contributed by atoms with van der Waals surface area (Å²) in [6, 6.07) is 2.61. The number of rotatable bonds is 2. The molecule has 1 aliphatic heterocycles. The Balaban J connectivity index is 1.84. The quantitative estimate of drug-likeness (QED) is 0.775. The zero-order valence-electron chi connectivity index (χ0n) is 10.6. The second kappa shape index (κ2) is 5.37. The zero-order valence-corrected chi connectivity index (χ0v) is 13.6. The van der Waals surface area contributed by atoms with Crippen LogP contribution in [0.5, 0.6) is 0 Å². The third kappa shape index (κ3) is 2.63. The molecule has 3 heterocycles. The van der Waals surface area contributed by atoms with E-state index in [2.05, 4.69) is 61.0 Å². The van der Waals surface area contributed by atoms with E-state index in [-0.39, 0.29) is 6.04 Å². The van der Waals surface area contributed by atoms with Gasteiger partial charge in [0.2, 0.25) is 5.95 Å². The SMILES string of the molecule is CC1C(N)CCCN1c1n[nH]c(-c2csc(I)c2)n1. The number of H-pyrrole nitrogens is 1. The average Bonchev–Trinajstić information content (AvgIpc) is 3.01. The Bertz CT molecular complexity index is 566. The Morgan fingerprint density at radius 3 is 3.16 bits per heavy atom. The van der Waals surface area contributed by atoms with Crippen LogP contribution in [0.4, 0.5) is 5.95 Å². The maximum Gasteiger partial charge on any atom is 0.245 e. The smallest absolute Gasteiger partial charge is 0.245 e. The minimum Gasteiger partial charge on any atom is -0.335 e. The van der Waals surface area contributed by atoms with Gasteiger partial charge >= 0.3 is 0 Å². The van der Waals surface area contributed by atoms with E-state index in [1.165, 1.54) is 2.88 Å². The Labute approximate surface area is 129 Å². The number of nitrogens with zero attached hydrogens (tertiary/aromatic N) is 3. The number of aromatic nitrogens is 3. The van der Waals surface area contributed by atoms with Crippen LogP contribution in [-0.4, -0.2) is 33.8 Å². The molecule has 19 heavy (non-hydrogen) atoms. The van der Waals surface area contributed by atoms with Crippen molar-refractivity contribution in [3.63, 3.8) is 0 Å². The fraction of sp³-hybridized carbons (Fsp3) is 0.500. The van der Waals surface area contributed by atoms with Crippen molar-refractivity contribution in [3.05, 3.63) is 14.3 Å². The maximum absolute atomic E-state index is 6.12. The second-order valence-corrected chi connectivity index (χ2v) is 7.67. The summed E-state index contributed by atoms with van der Waals surface area (Å²) >= 11 is 4.02. The van der Waals surface area contributed by atoms with Gasteiger partial charge in [0, 0.05) is 29.6 Å². The first kappa shape index (κ1) is 13.3. The molecule has 7 heteroatoms. The van der Waals surface area contributed by atoms with Crippen LogP contribution in [0.25, 0.3) is 11.4 Å². The molecule has 0 radical (unpaired) electrons. The van der Waals surface area contributed by atoms with Crippen LogP contribution >= 0.6 is 33.9 Å². The van der Waals surface area contributed by atoms with Crippen LogP contribution in [0.3, 0.4) is 0 Å². The van der Waals surface area contributed by atoms with E-state index in [0.29, 0.717) is 6.04 Å². The van der Waals surface area contributed by atoms with Crippen molar-refractivity contribution in [3.8, 4) is 11.4 Å². The Morgan fingerprint density at radius 2 is 2.42 bits per heavy atom. The van der Waals surface area contributed by atoms with Crippen LogP contribution in [-0.2, 0) is 0 Å². The minimum atomic E-state index is 0.206. The predicted octanol–water partition coefficient (Wildman–Crippen LogP) is 2.45. The standard InChI is InChI=1S/C12H16IN5S/c1-7-9(14)3-2-4-18(7)12-15-11(16-17-12)8-5-10(13)19-6-8/h5-7,9H,2-4,14H2,1H3,(H,15,16,17).